The van der Waals surface area contributed by atoms with Crippen molar-refractivity contribution in [3.63, 3.8) is 0 Å². The van der Waals surface area contributed by atoms with Gasteiger partial charge in [0.1, 0.15) is 0 Å². The fourth-order valence-electron chi connectivity index (χ4n) is 3.35. The van der Waals surface area contributed by atoms with Crippen molar-refractivity contribution in [3.8, 4) is 0 Å². The molecule has 0 spiro atoms. The van der Waals surface area contributed by atoms with E-state index in [1.54, 1.807) is 6.08 Å². The minimum absolute atomic E-state index is 0.116. The van der Waals surface area contributed by atoms with Crippen molar-refractivity contribution < 1.29 is 31.9 Å². The Hall–Kier alpha value is -1.60. The molecule has 0 aromatic rings. The first-order chi connectivity index (χ1) is 10.8. The molecule has 128 valence electrons. The van der Waals surface area contributed by atoms with Gasteiger partial charge >= 0.3 is 18.3 Å². The molecule has 2 saturated carbocycles. The van der Waals surface area contributed by atoms with Crippen LogP contribution in [0.5, 0.6) is 0 Å². The monoisotopic (exact) mass is 335 g/mol. The molecule has 0 aromatic carbocycles. The number of carbonyl (C=O) groups excluding carboxylic acids is 2. The first-order valence-electron chi connectivity index (χ1n) is 7.61. The Morgan fingerprint density at radius 2 is 1.78 bits per heavy atom. The molecule has 2 bridgehead atoms. The predicted molar refractivity (Wildman–Crippen MR) is 70.8 cm³/mol. The van der Waals surface area contributed by atoms with Crippen LogP contribution in [0.4, 0.5) is 17.6 Å². The zero-order chi connectivity index (χ0) is 16.8. The second-order valence-corrected chi connectivity index (χ2v) is 6.45. The Kier molecular flexibility index (Phi) is 4.10. The second-order valence-electron chi connectivity index (χ2n) is 6.45. The molecule has 1 amide bonds. The molecule has 0 heterocycles. The number of ether oxygens (including phenoxy) is 1. The first-order valence-corrected chi connectivity index (χ1v) is 7.61. The van der Waals surface area contributed by atoms with Gasteiger partial charge in [0.25, 0.3) is 0 Å². The van der Waals surface area contributed by atoms with E-state index >= 15 is 0 Å². The highest BCUT2D eigenvalue weighted by Gasteiger charge is 2.53. The summed E-state index contributed by atoms with van der Waals surface area (Å²) < 4.78 is 54.5. The third kappa shape index (κ3) is 3.21. The number of alkyl halides is 4. The van der Waals surface area contributed by atoms with E-state index in [1.165, 1.54) is 0 Å². The Morgan fingerprint density at radius 1 is 1.17 bits per heavy atom. The van der Waals surface area contributed by atoms with Crippen LogP contribution in [0.15, 0.2) is 12.2 Å². The molecule has 3 rings (SSSR count). The van der Waals surface area contributed by atoms with Crippen LogP contribution in [0, 0.1) is 23.7 Å². The molecular weight excluding hydrogens is 318 g/mol. The van der Waals surface area contributed by atoms with E-state index in [2.05, 4.69) is 10.1 Å². The molecular formula is C15H17F4NO3. The number of allylic oxidation sites excluding steroid dienone is 2. The van der Waals surface area contributed by atoms with Crippen molar-refractivity contribution >= 4 is 11.9 Å². The minimum Gasteiger partial charge on any atom is -0.459 e. The van der Waals surface area contributed by atoms with Gasteiger partial charge in [-0.1, -0.05) is 12.2 Å². The molecule has 8 heteroatoms. The minimum atomic E-state index is -4.38. The maximum Gasteiger partial charge on any atom is 0.340 e. The van der Waals surface area contributed by atoms with E-state index in [1.807, 2.05) is 6.08 Å². The van der Waals surface area contributed by atoms with Crippen LogP contribution in [-0.4, -0.2) is 36.9 Å². The van der Waals surface area contributed by atoms with Crippen molar-refractivity contribution in [1.82, 2.24) is 5.32 Å². The molecule has 1 N–H and O–H groups in total. The van der Waals surface area contributed by atoms with Gasteiger partial charge in [-0.05, 0) is 31.1 Å². The number of hydrogen-bond acceptors (Lipinski definition) is 3. The van der Waals surface area contributed by atoms with Gasteiger partial charge in [0.05, 0.1) is 11.8 Å². The molecule has 0 aliphatic heterocycles. The number of esters is 1. The van der Waals surface area contributed by atoms with Gasteiger partial charge < -0.3 is 10.1 Å². The summed E-state index contributed by atoms with van der Waals surface area (Å²) in [6.45, 7) is -1.67. The van der Waals surface area contributed by atoms with E-state index in [9.17, 15) is 27.2 Å². The second kappa shape index (κ2) is 5.79. The Labute approximate surface area is 130 Å². The molecule has 4 nitrogen and oxygen atoms in total. The van der Waals surface area contributed by atoms with Crippen LogP contribution in [0.1, 0.15) is 19.3 Å². The number of carbonyl (C=O) groups is 2. The fraction of sp³-hybridized carbons (Fsp3) is 0.733. The van der Waals surface area contributed by atoms with Crippen molar-refractivity contribution in [2.45, 2.75) is 37.7 Å². The van der Waals surface area contributed by atoms with E-state index < -0.39 is 36.8 Å². The van der Waals surface area contributed by atoms with E-state index in [0.29, 0.717) is 6.42 Å². The topological polar surface area (TPSA) is 55.4 Å². The van der Waals surface area contributed by atoms with Crippen molar-refractivity contribution in [3.05, 3.63) is 12.2 Å². The molecule has 23 heavy (non-hydrogen) atoms. The van der Waals surface area contributed by atoms with E-state index in [4.69, 9.17) is 0 Å². The maximum atomic E-state index is 12.9. The summed E-state index contributed by atoms with van der Waals surface area (Å²) in [6.07, 6.45) is 2.07. The summed E-state index contributed by atoms with van der Waals surface area (Å²) in [5, 5.41) is 2.81. The zero-order valence-corrected chi connectivity index (χ0v) is 12.2. The molecule has 3 aliphatic rings. The summed E-state index contributed by atoms with van der Waals surface area (Å²) in [6, 6.07) is 0.116. The molecule has 2 fully saturated rings. The lowest BCUT2D eigenvalue weighted by atomic mass is 9.82. The van der Waals surface area contributed by atoms with Crippen LogP contribution in [-0.2, 0) is 14.3 Å². The van der Waals surface area contributed by atoms with Gasteiger partial charge in [-0.15, -0.1) is 0 Å². The van der Waals surface area contributed by atoms with Crippen LogP contribution in [0.3, 0.4) is 0 Å². The molecule has 0 saturated heterocycles. The number of fused-ring (bicyclic) bond motifs is 2. The normalized spacial score (nSPS) is 32.4. The SMILES string of the molecule is O=C(NC1CC1)[C@H]1[C@H](C(=O)OCC(F)(F)C(F)F)[C@H]2C=C[C@@H]1C2. The molecule has 0 unspecified atom stereocenters. The van der Waals surface area contributed by atoms with E-state index in [-0.39, 0.29) is 23.8 Å². The largest absolute Gasteiger partial charge is 0.459 e. The summed E-state index contributed by atoms with van der Waals surface area (Å²) >= 11 is 0. The highest BCUT2D eigenvalue weighted by atomic mass is 19.3. The lowest BCUT2D eigenvalue weighted by molar-refractivity contribution is -0.184. The summed E-state index contributed by atoms with van der Waals surface area (Å²) in [5.41, 5.74) is 0. The first kappa shape index (κ1) is 16.3. The highest BCUT2D eigenvalue weighted by Crippen LogP contribution is 2.49. The standard InChI is InChI=1S/C15H17F4NO3/c16-14(17)15(18,19)6-23-13(22)11-8-2-1-7(5-8)10(11)12(21)20-9-3-4-9/h1-2,7-11,14H,3-6H2,(H,20,21)/t7-,8+,10-,11-/m1/s1. The zero-order valence-electron chi connectivity index (χ0n) is 12.2. The third-order valence-electron chi connectivity index (χ3n) is 4.68. The number of rotatable bonds is 6. The predicted octanol–water partition coefficient (Wildman–Crippen LogP) is 2.15. The quantitative estimate of drug-likeness (QED) is 0.460. The van der Waals surface area contributed by atoms with Gasteiger partial charge in [0.15, 0.2) is 6.61 Å². The lowest BCUT2D eigenvalue weighted by Crippen LogP contribution is -2.42. The van der Waals surface area contributed by atoms with Gasteiger partial charge in [-0.25, -0.2) is 8.78 Å². The number of amides is 1. The lowest BCUT2D eigenvalue weighted by Gasteiger charge is -2.26. The molecule has 0 aromatic heterocycles. The fourth-order valence-corrected chi connectivity index (χ4v) is 3.35. The summed E-state index contributed by atoms with van der Waals surface area (Å²) in [5.74, 6) is -7.61. The molecule has 3 aliphatic carbocycles. The van der Waals surface area contributed by atoms with Gasteiger partial charge in [-0.3, -0.25) is 9.59 Å². The van der Waals surface area contributed by atoms with Crippen molar-refractivity contribution in [1.29, 1.82) is 0 Å². The average Bonchev–Trinajstić information content (AvgIpc) is 3.06. The summed E-state index contributed by atoms with van der Waals surface area (Å²) in [7, 11) is 0. The highest BCUT2D eigenvalue weighted by molar-refractivity contribution is 5.87. The van der Waals surface area contributed by atoms with Crippen molar-refractivity contribution in [2.75, 3.05) is 6.61 Å². The third-order valence-corrected chi connectivity index (χ3v) is 4.68. The Balaban J connectivity index is 1.65. The van der Waals surface area contributed by atoms with Crippen LogP contribution >= 0.6 is 0 Å². The number of nitrogens with one attached hydrogen (secondary N) is 1. The van der Waals surface area contributed by atoms with Crippen LogP contribution in [0.2, 0.25) is 0 Å². The smallest absolute Gasteiger partial charge is 0.340 e. The average molecular weight is 335 g/mol. The van der Waals surface area contributed by atoms with E-state index in [0.717, 1.165) is 12.8 Å². The molecule has 4 atom stereocenters. The maximum absolute atomic E-state index is 12.9. The van der Waals surface area contributed by atoms with Crippen LogP contribution < -0.4 is 5.32 Å². The Bertz CT molecular complexity index is 533. The Morgan fingerprint density at radius 3 is 2.35 bits per heavy atom. The summed E-state index contributed by atoms with van der Waals surface area (Å²) in [4.78, 5) is 24.4. The number of hydrogen-bond donors (Lipinski definition) is 1. The van der Waals surface area contributed by atoms with Gasteiger partial charge in [0, 0.05) is 6.04 Å². The molecule has 0 radical (unpaired) electrons. The number of halogens is 4. The van der Waals surface area contributed by atoms with Crippen molar-refractivity contribution in [2.24, 2.45) is 23.7 Å². The van der Waals surface area contributed by atoms with Gasteiger partial charge in [0.2, 0.25) is 5.91 Å². The van der Waals surface area contributed by atoms with Crippen LogP contribution in [0.25, 0.3) is 0 Å². The van der Waals surface area contributed by atoms with Gasteiger partial charge in [-0.2, -0.15) is 8.78 Å².